The lowest BCUT2D eigenvalue weighted by molar-refractivity contribution is 0.0734. The molecule has 1 aromatic heterocycles. The van der Waals surface area contributed by atoms with Crippen molar-refractivity contribution in [2.24, 2.45) is 5.73 Å². The fourth-order valence-corrected chi connectivity index (χ4v) is 2.89. The lowest BCUT2D eigenvalue weighted by atomic mass is 10.0. The van der Waals surface area contributed by atoms with E-state index in [0.29, 0.717) is 13.2 Å². The van der Waals surface area contributed by atoms with Gasteiger partial charge in [0, 0.05) is 10.9 Å². The van der Waals surface area contributed by atoms with Crippen LogP contribution in [0.5, 0.6) is 0 Å². The van der Waals surface area contributed by atoms with Crippen molar-refractivity contribution in [3.63, 3.8) is 0 Å². The largest absolute Gasteiger partial charge is 0.373 e. The Bertz CT molecular complexity index is 332. The van der Waals surface area contributed by atoms with Crippen LogP contribution < -0.4 is 5.73 Å². The first kappa shape index (κ1) is 12.0. The Morgan fingerprint density at radius 3 is 2.88 bits per heavy atom. The lowest BCUT2D eigenvalue weighted by Gasteiger charge is -2.22. The highest BCUT2D eigenvalue weighted by Gasteiger charge is 2.29. The van der Waals surface area contributed by atoms with Gasteiger partial charge in [-0.3, -0.25) is 0 Å². The third-order valence-corrected chi connectivity index (χ3v) is 4.18. The lowest BCUT2D eigenvalue weighted by Crippen LogP contribution is -2.41. The maximum absolute atomic E-state index is 6.21. The summed E-state index contributed by atoms with van der Waals surface area (Å²) in [5.41, 5.74) is 7.19. The van der Waals surface area contributed by atoms with Gasteiger partial charge in [-0.2, -0.15) is 0 Å². The summed E-state index contributed by atoms with van der Waals surface area (Å²) in [4.78, 5) is 4.47. The molecule has 0 unspecified atom stereocenters. The molecule has 16 heavy (non-hydrogen) atoms. The summed E-state index contributed by atoms with van der Waals surface area (Å²) in [6.07, 6.45) is 5.70. The molecule has 0 saturated heterocycles. The fraction of sp³-hybridized carbons (Fsp3) is 0.750. The van der Waals surface area contributed by atoms with E-state index < -0.39 is 0 Å². The Hall–Kier alpha value is -0.450. The molecule has 0 radical (unpaired) electrons. The van der Waals surface area contributed by atoms with E-state index >= 15 is 0 Å². The zero-order valence-electron chi connectivity index (χ0n) is 9.87. The molecule has 1 aliphatic rings. The standard InChI is InChI=1S/C12H20N2OS/c1-2-11-14-10(8-16-11)7-15-9-12(13)5-3-4-6-12/h8H,2-7,9,13H2,1H3. The van der Waals surface area contributed by atoms with Gasteiger partial charge in [0.1, 0.15) is 0 Å². The van der Waals surface area contributed by atoms with Crippen molar-refractivity contribution < 1.29 is 4.74 Å². The summed E-state index contributed by atoms with van der Waals surface area (Å²) >= 11 is 1.71. The van der Waals surface area contributed by atoms with Crippen molar-refractivity contribution >= 4 is 11.3 Å². The normalized spacial score (nSPS) is 19.1. The van der Waals surface area contributed by atoms with Crippen LogP contribution in [0.4, 0.5) is 0 Å². The van der Waals surface area contributed by atoms with E-state index in [-0.39, 0.29) is 5.54 Å². The molecule has 2 N–H and O–H groups in total. The summed E-state index contributed by atoms with van der Waals surface area (Å²) in [5, 5.41) is 3.26. The number of aromatic nitrogens is 1. The van der Waals surface area contributed by atoms with Gasteiger partial charge >= 0.3 is 0 Å². The molecule has 1 aromatic rings. The number of thiazole rings is 1. The Labute approximate surface area is 101 Å². The molecule has 1 heterocycles. The summed E-state index contributed by atoms with van der Waals surface area (Å²) in [6.45, 7) is 3.40. The molecule has 2 rings (SSSR count). The topological polar surface area (TPSA) is 48.1 Å². The van der Waals surface area contributed by atoms with Gasteiger partial charge in [-0.15, -0.1) is 11.3 Å². The van der Waals surface area contributed by atoms with Gasteiger partial charge in [-0.25, -0.2) is 4.98 Å². The maximum Gasteiger partial charge on any atom is 0.0926 e. The van der Waals surface area contributed by atoms with Gasteiger partial charge in [-0.1, -0.05) is 19.8 Å². The van der Waals surface area contributed by atoms with E-state index in [1.54, 1.807) is 11.3 Å². The molecule has 0 bridgehead atoms. The molecule has 3 nitrogen and oxygen atoms in total. The van der Waals surface area contributed by atoms with E-state index in [2.05, 4.69) is 17.3 Å². The zero-order chi connectivity index (χ0) is 11.4. The van der Waals surface area contributed by atoms with Crippen LogP contribution in [-0.2, 0) is 17.8 Å². The quantitative estimate of drug-likeness (QED) is 0.860. The minimum Gasteiger partial charge on any atom is -0.373 e. The van der Waals surface area contributed by atoms with Crippen LogP contribution in [0.3, 0.4) is 0 Å². The highest BCUT2D eigenvalue weighted by atomic mass is 32.1. The Balaban J connectivity index is 1.75. The average molecular weight is 240 g/mol. The minimum atomic E-state index is -0.0659. The monoisotopic (exact) mass is 240 g/mol. The van der Waals surface area contributed by atoms with E-state index in [1.807, 2.05) is 0 Å². The molecule has 0 aliphatic heterocycles. The average Bonchev–Trinajstić information content (AvgIpc) is 2.88. The van der Waals surface area contributed by atoms with Crippen LogP contribution in [0.15, 0.2) is 5.38 Å². The summed E-state index contributed by atoms with van der Waals surface area (Å²) in [6, 6.07) is 0. The minimum absolute atomic E-state index is 0.0659. The molecule has 4 heteroatoms. The predicted molar refractivity (Wildman–Crippen MR) is 66.5 cm³/mol. The SMILES string of the molecule is CCc1nc(COCC2(N)CCCC2)cs1. The molecule has 1 saturated carbocycles. The number of nitrogens with zero attached hydrogens (tertiary/aromatic N) is 1. The van der Waals surface area contributed by atoms with Crippen LogP contribution in [0.1, 0.15) is 43.3 Å². The van der Waals surface area contributed by atoms with Crippen LogP contribution in [-0.4, -0.2) is 17.1 Å². The van der Waals surface area contributed by atoms with Crippen LogP contribution in [0.25, 0.3) is 0 Å². The second-order valence-corrected chi connectivity index (χ2v) is 5.59. The summed E-state index contributed by atoms with van der Waals surface area (Å²) in [7, 11) is 0. The van der Waals surface area contributed by atoms with Crippen LogP contribution in [0, 0.1) is 0 Å². The first-order chi connectivity index (χ1) is 7.72. The first-order valence-electron chi connectivity index (χ1n) is 6.02. The third kappa shape index (κ3) is 3.03. The third-order valence-electron chi connectivity index (χ3n) is 3.14. The van der Waals surface area contributed by atoms with Crippen LogP contribution >= 0.6 is 11.3 Å². The van der Waals surface area contributed by atoms with E-state index in [4.69, 9.17) is 10.5 Å². The fourth-order valence-electron chi connectivity index (χ4n) is 2.16. The molecule has 0 aromatic carbocycles. The summed E-state index contributed by atoms with van der Waals surface area (Å²) < 4.78 is 5.68. The first-order valence-corrected chi connectivity index (χ1v) is 6.90. The number of rotatable bonds is 5. The van der Waals surface area contributed by atoms with Crippen molar-refractivity contribution in [2.45, 2.75) is 51.2 Å². The summed E-state index contributed by atoms with van der Waals surface area (Å²) in [5.74, 6) is 0. The number of ether oxygens (including phenoxy) is 1. The van der Waals surface area contributed by atoms with Gasteiger partial charge < -0.3 is 10.5 Å². The Morgan fingerprint density at radius 2 is 2.25 bits per heavy atom. The second-order valence-electron chi connectivity index (χ2n) is 4.65. The van der Waals surface area contributed by atoms with Gasteiger partial charge in [0.25, 0.3) is 0 Å². The Kier molecular flexibility index (Phi) is 3.95. The predicted octanol–water partition coefficient (Wildman–Crippen LogP) is 2.49. The van der Waals surface area contributed by atoms with Gasteiger partial charge in [0.2, 0.25) is 0 Å². The Morgan fingerprint density at radius 1 is 1.50 bits per heavy atom. The second kappa shape index (κ2) is 5.25. The highest BCUT2D eigenvalue weighted by Crippen LogP contribution is 2.27. The van der Waals surface area contributed by atoms with Crippen molar-refractivity contribution in [2.75, 3.05) is 6.61 Å². The van der Waals surface area contributed by atoms with Crippen molar-refractivity contribution in [1.82, 2.24) is 4.98 Å². The van der Waals surface area contributed by atoms with E-state index in [1.165, 1.54) is 17.8 Å². The van der Waals surface area contributed by atoms with E-state index in [9.17, 15) is 0 Å². The van der Waals surface area contributed by atoms with Crippen molar-refractivity contribution in [3.05, 3.63) is 16.1 Å². The highest BCUT2D eigenvalue weighted by molar-refractivity contribution is 7.09. The van der Waals surface area contributed by atoms with Gasteiger partial charge in [0.05, 0.1) is 23.9 Å². The molecule has 0 spiro atoms. The number of hydrogen-bond donors (Lipinski definition) is 1. The maximum atomic E-state index is 6.21. The number of aryl methyl sites for hydroxylation is 1. The molecule has 0 amide bonds. The van der Waals surface area contributed by atoms with E-state index in [0.717, 1.165) is 25.0 Å². The zero-order valence-corrected chi connectivity index (χ0v) is 10.7. The smallest absolute Gasteiger partial charge is 0.0926 e. The molecule has 1 aliphatic carbocycles. The molecule has 90 valence electrons. The van der Waals surface area contributed by atoms with Gasteiger partial charge in [0.15, 0.2) is 0 Å². The molecular weight excluding hydrogens is 220 g/mol. The van der Waals surface area contributed by atoms with Crippen LogP contribution in [0.2, 0.25) is 0 Å². The molecule has 0 atom stereocenters. The molecule has 1 fully saturated rings. The molecular formula is C12H20N2OS. The number of nitrogens with two attached hydrogens (primary N) is 1. The van der Waals surface area contributed by atoms with Crippen molar-refractivity contribution in [3.8, 4) is 0 Å². The van der Waals surface area contributed by atoms with Crippen molar-refractivity contribution in [1.29, 1.82) is 0 Å². The number of hydrogen-bond acceptors (Lipinski definition) is 4. The van der Waals surface area contributed by atoms with Gasteiger partial charge in [-0.05, 0) is 19.3 Å².